The molecule has 3 rings (SSSR count). The summed E-state index contributed by atoms with van der Waals surface area (Å²) in [5, 5.41) is 8.39. The molecule has 0 unspecified atom stereocenters. The first-order valence-corrected chi connectivity index (χ1v) is 6.58. The van der Waals surface area contributed by atoms with Crippen molar-refractivity contribution in [1.82, 2.24) is 19.7 Å². The molecule has 0 fully saturated rings. The number of hydrogen-bond acceptors (Lipinski definition) is 3. The molecule has 0 saturated carbocycles. The maximum absolute atomic E-state index is 5.75. The maximum atomic E-state index is 5.75. The second-order valence-corrected chi connectivity index (χ2v) is 4.69. The fraction of sp³-hybridized carbons (Fsp3) is 0.214. The van der Waals surface area contributed by atoms with Crippen LogP contribution in [-0.2, 0) is 13.0 Å². The Hall–Kier alpha value is -1.94. The second-order valence-electron chi connectivity index (χ2n) is 4.30. The zero-order valence-corrected chi connectivity index (χ0v) is 11.3. The average Bonchev–Trinajstić information content (AvgIpc) is 2.79. The Morgan fingerprint density at radius 2 is 1.95 bits per heavy atom. The van der Waals surface area contributed by atoms with Crippen LogP contribution in [-0.4, -0.2) is 19.7 Å². The lowest BCUT2D eigenvalue weighted by Gasteiger charge is -2.07. The number of aryl methyl sites for hydroxylation is 1. The van der Waals surface area contributed by atoms with Crippen molar-refractivity contribution < 1.29 is 0 Å². The predicted molar refractivity (Wildman–Crippen MR) is 75.3 cm³/mol. The van der Waals surface area contributed by atoms with Gasteiger partial charge in [-0.25, -0.2) is 4.98 Å². The third-order valence-corrected chi connectivity index (χ3v) is 3.26. The molecule has 0 aliphatic heterocycles. The van der Waals surface area contributed by atoms with Crippen molar-refractivity contribution in [1.29, 1.82) is 0 Å². The third kappa shape index (κ3) is 2.31. The van der Waals surface area contributed by atoms with Crippen LogP contribution in [0.5, 0.6) is 0 Å². The molecule has 0 amide bonds. The summed E-state index contributed by atoms with van der Waals surface area (Å²) >= 11 is 5.75. The predicted octanol–water partition coefficient (Wildman–Crippen LogP) is 3.09. The molecule has 0 saturated heterocycles. The van der Waals surface area contributed by atoms with Crippen LogP contribution in [0.3, 0.4) is 0 Å². The van der Waals surface area contributed by atoms with E-state index in [0.717, 1.165) is 29.0 Å². The van der Waals surface area contributed by atoms with Crippen molar-refractivity contribution >= 4 is 22.6 Å². The maximum Gasteiger partial charge on any atom is 0.151 e. The number of nitrogens with zero attached hydrogens (tertiary/aromatic N) is 4. The minimum Gasteiger partial charge on any atom is -0.322 e. The zero-order chi connectivity index (χ0) is 13.2. The summed E-state index contributed by atoms with van der Waals surface area (Å²) < 4.78 is 2.17. The second kappa shape index (κ2) is 4.97. The normalized spacial score (nSPS) is 11.1. The van der Waals surface area contributed by atoms with Gasteiger partial charge in [0.2, 0.25) is 0 Å². The smallest absolute Gasteiger partial charge is 0.151 e. The molecule has 1 aromatic carbocycles. The van der Waals surface area contributed by atoms with Crippen LogP contribution in [0.4, 0.5) is 0 Å². The first kappa shape index (κ1) is 12.1. The monoisotopic (exact) mass is 272 g/mol. The number of benzene rings is 1. The van der Waals surface area contributed by atoms with E-state index < -0.39 is 0 Å². The minimum atomic E-state index is 0.412. The lowest BCUT2D eigenvalue weighted by molar-refractivity contribution is 0.723. The fourth-order valence-electron chi connectivity index (χ4n) is 2.16. The molecule has 0 radical (unpaired) electrons. The summed E-state index contributed by atoms with van der Waals surface area (Å²) in [4.78, 5) is 4.63. The van der Waals surface area contributed by atoms with E-state index in [2.05, 4.69) is 32.7 Å². The minimum absolute atomic E-state index is 0.412. The van der Waals surface area contributed by atoms with Gasteiger partial charge in [0, 0.05) is 6.42 Å². The van der Waals surface area contributed by atoms with E-state index in [1.54, 1.807) is 6.07 Å². The Morgan fingerprint density at radius 1 is 1.11 bits per heavy atom. The molecular formula is C14H13ClN4. The molecule has 96 valence electrons. The Morgan fingerprint density at radius 3 is 2.68 bits per heavy atom. The summed E-state index contributed by atoms with van der Waals surface area (Å²) in [5.74, 6) is 1.05. The van der Waals surface area contributed by atoms with Crippen molar-refractivity contribution in [2.45, 2.75) is 19.9 Å². The number of halogens is 1. The third-order valence-electron chi connectivity index (χ3n) is 3.06. The standard InChI is InChI=1S/C14H13ClN4/c1-2-14-16-11-5-3-4-6-12(11)19(14)9-10-7-8-13(15)18-17-10/h3-8H,2,9H2,1H3. The zero-order valence-electron chi connectivity index (χ0n) is 10.5. The molecule has 0 bridgehead atoms. The van der Waals surface area contributed by atoms with E-state index in [4.69, 9.17) is 11.6 Å². The molecule has 5 heteroatoms. The van der Waals surface area contributed by atoms with Crippen molar-refractivity contribution in [3.05, 3.63) is 53.1 Å². The van der Waals surface area contributed by atoms with Gasteiger partial charge in [0.15, 0.2) is 5.15 Å². The van der Waals surface area contributed by atoms with Gasteiger partial charge in [0.05, 0.1) is 23.3 Å². The van der Waals surface area contributed by atoms with Gasteiger partial charge in [-0.15, -0.1) is 5.10 Å². The topological polar surface area (TPSA) is 43.6 Å². The molecule has 2 heterocycles. The van der Waals surface area contributed by atoms with Crippen LogP contribution in [0.15, 0.2) is 36.4 Å². The highest BCUT2D eigenvalue weighted by Gasteiger charge is 2.09. The highest BCUT2D eigenvalue weighted by molar-refractivity contribution is 6.29. The number of rotatable bonds is 3. The number of aromatic nitrogens is 4. The van der Waals surface area contributed by atoms with Crippen molar-refractivity contribution in [3.63, 3.8) is 0 Å². The SMILES string of the molecule is CCc1nc2ccccc2n1Cc1ccc(Cl)nn1. The largest absolute Gasteiger partial charge is 0.322 e. The average molecular weight is 273 g/mol. The summed E-state index contributed by atoms with van der Waals surface area (Å²) in [6, 6.07) is 11.8. The summed E-state index contributed by atoms with van der Waals surface area (Å²) in [6.07, 6.45) is 0.885. The summed E-state index contributed by atoms with van der Waals surface area (Å²) in [5.41, 5.74) is 3.01. The van der Waals surface area contributed by atoms with Crippen LogP contribution in [0.2, 0.25) is 5.15 Å². The van der Waals surface area contributed by atoms with Gasteiger partial charge in [-0.05, 0) is 24.3 Å². The molecular weight excluding hydrogens is 260 g/mol. The van der Waals surface area contributed by atoms with E-state index in [0.29, 0.717) is 11.7 Å². The lowest BCUT2D eigenvalue weighted by Crippen LogP contribution is -2.06. The van der Waals surface area contributed by atoms with E-state index in [1.165, 1.54) is 0 Å². The van der Waals surface area contributed by atoms with Crippen molar-refractivity contribution in [3.8, 4) is 0 Å². The van der Waals surface area contributed by atoms with Gasteiger partial charge in [0.25, 0.3) is 0 Å². The Balaban J connectivity index is 2.06. The van der Waals surface area contributed by atoms with Gasteiger partial charge >= 0.3 is 0 Å². The number of fused-ring (bicyclic) bond motifs is 1. The van der Waals surface area contributed by atoms with E-state index >= 15 is 0 Å². The molecule has 0 aliphatic carbocycles. The highest BCUT2D eigenvalue weighted by atomic mass is 35.5. The number of para-hydroxylation sites is 2. The Labute approximate surface area is 116 Å². The Kier molecular flexibility index (Phi) is 3.17. The molecule has 3 aromatic rings. The first-order chi connectivity index (χ1) is 9.28. The van der Waals surface area contributed by atoms with Gasteiger partial charge in [0.1, 0.15) is 5.82 Å². The van der Waals surface area contributed by atoms with Gasteiger partial charge in [-0.2, -0.15) is 5.10 Å². The lowest BCUT2D eigenvalue weighted by atomic mass is 10.3. The molecule has 0 atom stereocenters. The van der Waals surface area contributed by atoms with Crippen molar-refractivity contribution in [2.24, 2.45) is 0 Å². The van der Waals surface area contributed by atoms with Crippen LogP contribution in [0, 0.1) is 0 Å². The molecule has 19 heavy (non-hydrogen) atoms. The van der Waals surface area contributed by atoms with Crippen LogP contribution in [0.25, 0.3) is 11.0 Å². The van der Waals surface area contributed by atoms with Gasteiger partial charge < -0.3 is 4.57 Å². The molecule has 0 spiro atoms. The number of hydrogen-bond donors (Lipinski definition) is 0. The van der Waals surface area contributed by atoms with Crippen molar-refractivity contribution in [2.75, 3.05) is 0 Å². The van der Waals surface area contributed by atoms with E-state index in [9.17, 15) is 0 Å². The highest BCUT2D eigenvalue weighted by Crippen LogP contribution is 2.17. The van der Waals surface area contributed by atoms with E-state index in [1.807, 2.05) is 24.3 Å². The quantitative estimate of drug-likeness (QED) is 0.736. The van der Waals surface area contributed by atoms with Crippen LogP contribution >= 0.6 is 11.6 Å². The van der Waals surface area contributed by atoms with E-state index in [-0.39, 0.29) is 0 Å². The summed E-state index contributed by atoms with van der Waals surface area (Å²) in [7, 11) is 0. The van der Waals surface area contributed by atoms with Crippen LogP contribution < -0.4 is 0 Å². The van der Waals surface area contributed by atoms with Crippen LogP contribution in [0.1, 0.15) is 18.4 Å². The summed E-state index contributed by atoms with van der Waals surface area (Å²) in [6.45, 7) is 2.76. The van der Waals surface area contributed by atoms with Gasteiger partial charge in [-0.1, -0.05) is 30.7 Å². The fourth-order valence-corrected chi connectivity index (χ4v) is 2.26. The first-order valence-electron chi connectivity index (χ1n) is 6.20. The molecule has 0 N–H and O–H groups in total. The molecule has 4 nitrogen and oxygen atoms in total. The molecule has 0 aliphatic rings. The molecule has 2 aromatic heterocycles. The Bertz CT molecular complexity index is 703. The van der Waals surface area contributed by atoms with Gasteiger partial charge in [-0.3, -0.25) is 0 Å². The number of imidazole rings is 1.